The van der Waals surface area contributed by atoms with Gasteiger partial charge >= 0.3 is 5.97 Å². The number of benzene rings is 1. The fourth-order valence-corrected chi connectivity index (χ4v) is 1.28. The Hall–Kier alpha value is -2.63. The molecule has 0 radical (unpaired) electrons. The van der Waals surface area contributed by atoms with E-state index in [1.165, 1.54) is 11.8 Å². The Balaban J connectivity index is 2.69. The number of aliphatic carboxylic acids is 1. The zero-order valence-corrected chi connectivity index (χ0v) is 10.6. The Morgan fingerprint density at radius 2 is 1.74 bits per heavy atom. The number of nitrogens with one attached hydrogen (secondary N) is 1. The van der Waals surface area contributed by atoms with Crippen LogP contribution in [0.15, 0.2) is 36.4 Å². The normalized spacial score (nSPS) is 10.2. The van der Waals surface area contributed by atoms with Crippen LogP contribution in [-0.4, -0.2) is 29.9 Å². The Bertz CT molecular complexity index is 520. The van der Waals surface area contributed by atoms with E-state index in [0.29, 0.717) is 11.4 Å². The van der Waals surface area contributed by atoms with E-state index in [-0.39, 0.29) is 5.91 Å². The number of rotatable bonds is 4. The molecule has 1 aromatic rings. The van der Waals surface area contributed by atoms with Crippen LogP contribution in [0, 0.1) is 0 Å². The maximum absolute atomic E-state index is 11.3. The largest absolute Gasteiger partial charge is 0.478 e. The van der Waals surface area contributed by atoms with E-state index in [9.17, 15) is 14.4 Å². The molecule has 0 spiro atoms. The molecule has 0 heterocycles. The Morgan fingerprint density at radius 1 is 1.16 bits per heavy atom. The SMILES string of the molecule is CC(=O)N(C)c1ccc(NC(=O)C=CC(=O)O)cc1. The highest BCUT2D eigenvalue weighted by Gasteiger charge is 2.05. The summed E-state index contributed by atoms with van der Waals surface area (Å²) < 4.78 is 0. The van der Waals surface area contributed by atoms with Crippen LogP contribution in [-0.2, 0) is 14.4 Å². The molecule has 0 aliphatic heterocycles. The van der Waals surface area contributed by atoms with E-state index < -0.39 is 11.9 Å². The van der Waals surface area contributed by atoms with Crippen molar-refractivity contribution in [1.82, 2.24) is 0 Å². The van der Waals surface area contributed by atoms with Crippen molar-refractivity contribution in [2.24, 2.45) is 0 Å². The summed E-state index contributed by atoms with van der Waals surface area (Å²) in [6.07, 6.45) is 1.69. The van der Waals surface area contributed by atoms with Gasteiger partial charge in [0.1, 0.15) is 0 Å². The van der Waals surface area contributed by atoms with Crippen LogP contribution < -0.4 is 10.2 Å². The lowest BCUT2D eigenvalue weighted by Gasteiger charge is -2.15. The third-order valence-corrected chi connectivity index (χ3v) is 2.37. The Labute approximate surface area is 110 Å². The minimum absolute atomic E-state index is 0.0961. The first-order chi connectivity index (χ1) is 8.90. The van der Waals surface area contributed by atoms with Gasteiger partial charge in [-0.2, -0.15) is 0 Å². The van der Waals surface area contributed by atoms with Gasteiger partial charge in [0, 0.05) is 37.5 Å². The van der Waals surface area contributed by atoms with Crippen molar-refractivity contribution in [1.29, 1.82) is 0 Å². The van der Waals surface area contributed by atoms with E-state index in [1.807, 2.05) is 0 Å². The summed E-state index contributed by atoms with van der Waals surface area (Å²) in [5.41, 5.74) is 1.22. The average molecular weight is 262 g/mol. The second kappa shape index (κ2) is 6.34. The van der Waals surface area contributed by atoms with Crippen molar-refractivity contribution in [3.8, 4) is 0 Å². The van der Waals surface area contributed by atoms with E-state index in [4.69, 9.17) is 5.11 Å². The number of hydrogen-bond donors (Lipinski definition) is 2. The lowest BCUT2D eigenvalue weighted by atomic mass is 10.2. The number of hydrogen-bond acceptors (Lipinski definition) is 3. The molecule has 0 aliphatic carbocycles. The number of carboxylic acids is 1. The topological polar surface area (TPSA) is 86.7 Å². The highest BCUT2D eigenvalue weighted by atomic mass is 16.4. The highest BCUT2D eigenvalue weighted by molar-refractivity contribution is 6.02. The zero-order chi connectivity index (χ0) is 14.4. The van der Waals surface area contributed by atoms with Gasteiger partial charge in [0.15, 0.2) is 0 Å². The third-order valence-electron chi connectivity index (χ3n) is 2.37. The van der Waals surface area contributed by atoms with Crippen LogP contribution in [0.5, 0.6) is 0 Å². The quantitative estimate of drug-likeness (QED) is 0.799. The smallest absolute Gasteiger partial charge is 0.328 e. The Morgan fingerprint density at radius 3 is 2.21 bits per heavy atom. The van der Waals surface area contributed by atoms with Crippen LogP contribution in [0.3, 0.4) is 0 Å². The van der Waals surface area contributed by atoms with E-state index in [1.54, 1.807) is 31.3 Å². The van der Waals surface area contributed by atoms with Crippen molar-refractivity contribution < 1.29 is 19.5 Å². The summed E-state index contributed by atoms with van der Waals surface area (Å²) in [5, 5.41) is 10.9. The molecule has 2 amide bonds. The summed E-state index contributed by atoms with van der Waals surface area (Å²) in [6, 6.07) is 6.61. The van der Waals surface area contributed by atoms with Crippen LogP contribution in [0.1, 0.15) is 6.92 Å². The standard InChI is InChI=1S/C13H14N2O4/c1-9(16)15(2)11-5-3-10(4-6-11)14-12(17)7-8-13(18)19/h3-8H,1-2H3,(H,14,17)(H,18,19). The van der Waals surface area contributed by atoms with Crippen LogP contribution in [0.4, 0.5) is 11.4 Å². The maximum atomic E-state index is 11.3. The second-order valence-electron chi connectivity index (χ2n) is 3.79. The third kappa shape index (κ3) is 4.63. The summed E-state index contributed by atoms with van der Waals surface area (Å²) in [5.74, 6) is -1.81. The van der Waals surface area contributed by atoms with Crippen molar-refractivity contribution >= 4 is 29.2 Å². The lowest BCUT2D eigenvalue weighted by molar-refractivity contribution is -0.131. The number of carbonyl (C=O) groups excluding carboxylic acids is 2. The van der Waals surface area contributed by atoms with Crippen molar-refractivity contribution in [3.63, 3.8) is 0 Å². The van der Waals surface area contributed by atoms with Gasteiger partial charge in [-0.15, -0.1) is 0 Å². The first kappa shape index (κ1) is 14.4. The van der Waals surface area contributed by atoms with Gasteiger partial charge in [-0.05, 0) is 24.3 Å². The Kier molecular flexibility index (Phi) is 4.82. The van der Waals surface area contributed by atoms with Gasteiger partial charge in [-0.3, -0.25) is 9.59 Å². The maximum Gasteiger partial charge on any atom is 0.328 e. The van der Waals surface area contributed by atoms with Crippen LogP contribution in [0.2, 0.25) is 0 Å². The molecule has 19 heavy (non-hydrogen) atoms. The van der Waals surface area contributed by atoms with Crippen molar-refractivity contribution in [3.05, 3.63) is 36.4 Å². The molecule has 6 nitrogen and oxygen atoms in total. The minimum atomic E-state index is -1.19. The first-order valence-corrected chi connectivity index (χ1v) is 5.46. The number of anilines is 2. The van der Waals surface area contributed by atoms with Gasteiger partial charge in [0.2, 0.25) is 11.8 Å². The monoisotopic (exact) mass is 262 g/mol. The number of amides is 2. The molecule has 0 atom stereocenters. The molecular weight excluding hydrogens is 248 g/mol. The van der Waals surface area contributed by atoms with Gasteiger partial charge < -0.3 is 15.3 Å². The molecule has 0 unspecified atom stereocenters. The van der Waals surface area contributed by atoms with E-state index in [2.05, 4.69) is 5.32 Å². The lowest BCUT2D eigenvalue weighted by Crippen LogP contribution is -2.22. The van der Waals surface area contributed by atoms with Gasteiger partial charge in [-0.1, -0.05) is 0 Å². The predicted octanol–water partition coefficient (Wildman–Crippen LogP) is 1.25. The summed E-state index contributed by atoms with van der Waals surface area (Å²) in [6.45, 7) is 1.45. The molecule has 100 valence electrons. The summed E-state index contributed by atoms with van der Waals surface area (Å²) in [4.78, 5) is 34.2. The zero-order valence-electron chi connectivity index (χ0n) is 10.6. The molecule has 0 fully saturated rings. The fourth-order valence-electron chi connectivity index (χ4n) is 1.28. The summed E-state index contributed by atoms with van der Waals surface area (Å²) >= 11 is 0. The molecule has 0 aromatic heterocycles. The molecule has 1 aromatic carbocycles. The van der Waals surface area contributed by atoms with Gasteiger partial charge in [0.25, 0.3) is 0 Å². The highest BCUT2D eigenvalue weighted by Crippen LogP contribution is 2.16. The molecule has 0 saturated heterocycles. The number of carbonyl (C=O) groups is 3. The van der Waals surface area contributed by atoms with Gasteiger partial charge in [-0.25, -0.2) is 4.79 Å². The molecule has 0 bridgehead atoms. The minimum Gasteiger partial charge on any atom is -0.478 e. The molecular formula is C13H14N2O4. The van der Waals surface area contributed by atoms with Crippen molar-refractivity contribution in [2.75, 3.05) is 17.3 Å². The second-order valence-corrected chi connectivity index (χ2v) is 3.79. The number of carboxylic acid groups (broad SMARTS) is 1. The first-order valence-electron chi connectivity index (χ1n) is 5.46. The predicted molar refractivity (Wildman–Crippen MR) is 70.9 cm³/mol. The van der Waals surface area contributed by atoms with Crippen LogP contribution >= 0.6 is 0 Å². The van der Waals surface area contributed by atoms with Crippen molar-refractivity contribution in [2.45, 2.75) is 6.92 Å². The average Bonchev–Trinajstić information content (AvgIpc) is 2.36. The van der Waals surface area contributed by atoms with Gasteiger partial charge in [0.05, 0.1) is 0 Å². The molecule has 6 heteroatoms. The molecule has 1 rings (SSSR count). The van der Waals surface area contributed by atoms with E-state index in [0.717, 1.165) is 12.2 Å². The molecule has 0 aliphatic rings. The van der Waals surface area contributed by atoms with Crippen LogP contribution in [0.25, 0.3) is 0 Å². The molecule has 0 saturated carbocycles. The molecule has 2 N–H and O–H groups in total. The summed E-state index contributed by atoms with van der Waals surface area (Å²) in [7, 11) is 1.64. The fraction of sp³-hybridized carbons (Fsp3) is 0.154. The number of nitrogens with zero attached hydrogens (tertiary/aromatic N) is 1. The van der Waals surface area contributed by atoms with E-state index >= 15 is 0 Å².